The minimum atomic E-state index is -0.379. The average molecular weight is 284 g/mol. The molecule has 0 aliphatic rings. The normalized spacial score (nSPS) is 10.7. The molecule has 0 saturated heterocycles. The molecule has 1 aromatic carbocycles. The molecule has 0 bridgehead atoms. The SMILES string of the molecule is CC(=O)Oc1c(C)c(C)nc2cc(Cl)c(Cl)cc12. The molecule has 1 heterocycles. The maximum atomic E-state index is 11.2. The summed E-state index contributed by atoms with van der Waals surface area (Å²) < 4.78 is 5.25. The number of hydrogen-bond acceptors (Lipinski definition) is 3. The van der Waals surface area contributed by atoms with Crippen molar-refractivity contribution in [2.75, 3.05) is 0 Å². The van der Waals surface area contributed by atoms with Gasteiger partial charge in [-0.15, -0.1) is 0 Å². The summed E-state index contributed by atoms with van der Waals surface area (Å²) in [5.41, 5.74) is 2.26. The second kappa shape index (κ2) is 4.75. The third kappa shape index (κ3) is 2.28. The first-order valence-corrected chi connectivity index (χ1v) is 6.10. The van der Waals surface area contributed by atoms with Gasteiger partial charge in [0.25, 0.3) is 0 Å². The Morgan fingerprint density at radius 3 is 2.44 bits per heavy atom. The largest absolute Gasteiger partial charge is 0.426 e. The fourth-order valence-corrected chi connectivity index (χ4v) is 2.04. The van der Waals surface area contributed by atoms with Crippen molar-refractivity contribution in [1.82, 2.24) is 4.98 Å². The molecule has 0 fully saturated rings. The highest BCUT2D eigenvalue weighted by molar-refractivity contribution is 6.42. The van der Waals surface area contributed by atoms with Gasteiger partial charge in [-0.3, -0.25) is 9.78 Å². The number of fused-ring (bicyclic) bond motifs is 1. The van der Waals surface area contributed by atoms with E-state index >= 15 is 0 Å². The first-order chi connectivity index (χ1) is 8.40. The van der Waals surface area contributed by atoms with Crippen molar-refractivity contribution in [3.8, 4) is 5.75 Å². The van der Waals surface area contributed by atoms with E-state index < -0.39 is 0 Å². The summed E-state index contributed by atoms with van der Waals surface area (Å²) in [5.74, 6) is 0.111. The monoisotopic (exact) mass is 283 g/mol. The lowest BCUT2D eigenvalue weighted by Gasteiger charge is -2.12. The van der Waals surface area contributed by atoms with Gasteiger partial charge in [0.15, 0.2) is 0 Å². The molecule has 0 unspecified atom stereocenters. The van der Waals surface area contributed by atoms with Crippen LogP contribution in [0, 0.1) is 13.8 Å². The highest BCUT2D eigenvalue weighted by Gasteiger charge is 2.14. The van der Waals surface area contributed by atoms with Gasteiger partial charge < -0.3 is 4.74 Å². The number of aryl methyl sites for hydroxylation is 1. The van der Waals surface area contributed by atoms with Crippen molar-refractivity contribution < 1.29 is 9.53 Å². The predicted molar refractivity (Wildman–Crippen MR) is 72.5 cm³/mol. The van der Waals surface area contributed by atoms with Crippen LogP contribution in [0.1, 0.15) is 18.2 Å². The Labute approximate surface area is 115 Å². The Balaban J connectivity index is 2.83. The lowest BCUT2D eigenvalue weighted by molar-refractivity contribution is -0.131. The van der Waals surface area contributed by atoms with Crippen LogP contribution in [0.2, 0.25) is 10.0 Å². The molecule has 0 amide bonds. The van der Waals surface area contributed by atoms with E-state index in [9.17, 15) is 4.79 Å². The number of halogens is 2. The summed E-state index contributed by atoms with van der Waals surface area (Å²) >= 11 is 11.9. The third-order valence-electron chi connectivity index (χ3n) is 2.70. The van der Waals surface area contributed by atoms with Crippen molar-refractivity contribution in [1.29, 1.82) is 0 Å². The van der Waals surface area contributed by atoms with Crippen LogP contribution < -0.4 is 4.74 Å². The van der Waals surface area contributed by atoms with Crippen LogP contribution in [-0.4, -0.2) is 11.0 Å². The van der Waals surface area contributed by atoms with E-state index in [0.29, 0.717) is 26.7 Å². The Kier molecular flexibility index (Phi) is 3.46. The van der Waals surface area contributed by atoms with Crippen molar-refractivity contribution in [2.45, 2.75) is 20.8 Å². The first kappa shape index (κ1) is 13.1. The minimum absolute atomic E-state index is 0.379. The van der Waals surface area contributed by atoms with Gasteiger partial charge in [0, 0.05) is 23.6 Å². The number of esters is 1. The fourth-order valence-electron chi connectivity index (χ4n) is 1.72. The zero-order valence-electron chi connectivity index (χ0n) is 10.2. The molecule has 1 aromatic heterocycles. The van der Waals surface area contributed by atoms with Crippen molar-refractivity contribution in [2.24, 2.45) is 0 Å². The molecule has 2 aromatic rings. The van der Waals surface area contributed by atoms with Crippen molar-refractivity contribution >= 4 is 40.1 Å². The molecule has 0 aliphatic heterocycles. The van der Waals surface area contributed by atoms with Crippen LogP contribution in [0.25, 0.3) is 10.9 Å². The van der Waals surface area contributed by atoms with Crippen LogP contribution in [0.3, 0.4) is 0 Å². The van der Waals surface area contributed by atoms with Gasteiger partial charge in [-0.2, -0.15) is 0 Å². The van der Waals surface area contributed by atoms with Gasteiger partial charge >= 0.3 is 5.97 Å². The van der Waals surface area contributed by atoms with Crippen LogP contribution in [0.15, 0.2) is 12.1 Å². The van der Waals surface area contributed by atoms with E-state index in [1.807, 2.05) is 13.8 Å². The molecule has 2 rings (SSSR count). The fraction of sp³-hybridized carbons (Fsp3) is 0.231. The van der Waals surface area contributed by atoms with E-state index in [1.165, 1.54) is 6.92 Å². The lowest BCUT2D eigenvalue weighted by Crippen LogP contribution is -2.05. The number of ether oxygens (including phenoxy) is 1. The van der Waals surface area contributed by atoms with E-state index in [2.05, 4.69) is 4.98 Å². The highest BCUT2D eigenvalue weighted by atomic mass is 35.5. The number of nitrogens with zero attached hydrogens (tertiary/aromatic N) is 1. The number of carbonyl (C=O) groups is 1. The molecule has 0 atom stereocenters. The first-order valence-electron chi connectivity index (χ1n) is 5.34. The summed E-state index contributed by atoms with van der Waals surface area (Å²) in [6.07, 6.45) is 0. The summed E-state index contributed by atoms with van der Waals surface area (Å²) in [7, 11) is 0. The number of pyridine rings is 1. The summed E-state index contributed by atoms with van der Waals surface area (Å²) in [5, 5.41) is 1.51. The van der Waals surface area contributed by atoms with Crippen molar-refractivity contribution in [3.63, 3.8) is 0 Å². The quantitative estimate of drug-likeness (QED) is 0.740. The Hall–Kier alpha value is -1.32. The number of hydrogen-bond donors (Lipinski definition) is 0. The zero-order chi connectivity index (χ0) is 13.4. The van der Waals surface area contributed by atoms with Gasteiger partial charge in [0.1, 0.15) is 5.75 Å². The average Bonchev–Trinajstić information content (AvgIpc) is 2.28. The molecule has 0 spiro atoms. The molecule has 5 heteroatoms. The maximum absolute atomic E-state index is 11.2. The zero-order valence-corrected chi connectivity index (χ0v) is 11.7. The second-order valence-corrected chi connectivity index (χ2v) is 4.84. The lowest BCUT2D eigenvalue weighted by atomic mass is 10.1. The van der Waals surface area contributed by atoms with Gasteiger partial charge in [0.2, 0.25) is 0 Å². The summed E-state index contributed by atoms with van der Waals surface area (Å²) in [6, 6.07) is 3.33. The Morgan fingerprint density at radius 1 is 1.22 bits per heavy atom. The van der Waals surface area contributed by atoms with E-state index in [4.69, 9.17) is 27.9 Å². The Morgan fingerprint density at radius 2 is 1.83 bits per heavy atom. The number of rotatable bonds is 1. The molecule has 0 radical (unpaired) electrons. The maximum Gasteiger partial charge on any atom is 0.308 e. The van der Waals surface area contributed by atoms with Crippen LogP contribution >= 0.6 is 23.2 Å². The molecule has 0 saturated carbocycles. The predicted octanol–water partition coefficient (Wildman–Crippen LogP) is 4.08. The smallest absolute Gasteiger partial charge is 0.308 e. The van der Waals surface area contributed by atoms with E-state index in [-0.39, 0.29) is 5.97 Å². The van der Waals surface area contributed by atoms with Crippen LogP contribution in [0.5, 0.6) is 5.75 Å². The van der Waals surface area contributed by atoms with E-state index in [0.717, 1.165) is 11.3 Å². The third-order valence-corrected chi connectivity index (χ3v) is 3.42. The minimum Gasteiger partial charge on any atom is -0.426 e. The number of aromatic nitrogens is 1. The van der Waals surface area contributed by atoms with Gasteiger partial charge in [-0.25, -0.2) is 0 Å². The van der Waals surface area contributed by atoms with Crippen molar-refractivity contribution in [3.05, 3.63) is 33.4 Å². The molecule has 0 aliphatic carbocycles. The van der Waals surface area contributed by atoms with Crippen LogP contribution in [0.4, 0.5) is 0 Å². The molecule has 94 valence electrons. The molecule has 18 heavy (non-hydrogen) atoms. The molecular weight excluding hydrogens is 273 g/mol. The van der Waals surface area contributed by atoms with Crippen LogP contribution in [-0.2, 0) is 4.79 Å². The topological polar surface area (TPSA) is 39.2 Å². The number of benzene rings is 1. The summed E-state index contributed by atoms with van der Waals surface area (Å²) in [4.78, 5) is 15.6. The summed E-state index contributed by atoms with van der Waals surface area (Å²) in [6.45, 7) is 5.06. The number of carbonyl (C=O) groups excluding carboxylic acids is 1. The Bertz CT molecular complexity index is 648. The molecule has 3 nitrogen and oxygen atoms in total. The van der Waals surface area contributed by atoms with Gasteiger partial charge in [0.05, 0.1) is 15.6 Å². The molecule has 0 N–H and O–H groups in total. The highest BCUT2D eigenvalue weighted by Crippen LogP contribution is 2.35. The van der Waals surface area contributed by atoms with Gasteiger partial charge in [-0.05, 0) is 26.0 Å². The van der Waals surface area contributed by atoms with Gasteiger partial charge in [-0.1, -0.05) is 23.2 Å². The second-order valence-electron chi connectivity index (χ2n) is 4.03. The standard InChI is InChI=1S/C13H11Cl2NO2/c1-6-7(2)16-12-5-11(15)10(14)4-9(12)13(6)18-8(3)17/h4-5H,1-3H3. The molecular formula is C13H11Cl2NO2. The van der Waals surface area contributed by atoms with E-state index in [1.54, 1.807) is 12.1 Å².